The van der Waals surface area contributed by atoms with Crippen LogP contribution >= 0.6 is 0 Å². The molecule has 1 saturated carbocycles. The van der Waals surface area contributed by atoms with Crippen molar-refractivity contribution in [1.82, 2.24) is 15.1 Å². The van der Waals surface area contributed by atoms with E-state index < -0.39 is 0 Å². The summed E-state index contributed by atoms with van der Waals surface area (Å²) in [5, 5.41) is 3.45. The standard InChI is InChI=1S/C15H29N3/c1-15(2)6-4-3-5-14(15)18-11-13(12-18)17-9-7-16-8-10-17/h13-14,16H,3-12H2,1-2H3. The van der Waals surface area contributed by atoms with Crippen molar-refractivity contribution in [2.45, 2.75) is 51.6 Å². The third-order valence-corrected chi connectivity index (χ3v) is 5.45. The molecule has 0 aromatic carbocycles. The van der Waals surface area contributed by atoms with Gasteiger partial charge >= 0.3 is 0 Å². The molecular formula is C15H29N3. The predicted molar refractivity (Wildman–Crippen MR) is 75.8 cm³/mol. The lowest BCUT2D eigenvalue weighted by Gasteiger charge is -2.55. The fraction of sp³-hybridized carbons (Fsp3) is 1.00. The van der Waals surface area contributed by atoms with Gasteiger partial charge < -0.3 is 5.32 Å². The van der Waals surface area contributed by atoms with E-state index in [-0.39, 0.29) is 0 Å². The molecule has 0 bridgehead atoms. The zero-order valence-electron chi connectivity index (χ0n) is 12.1. The van der Waals surface area contributed by atoms with E-state index in [1.54, 1.807) is 0 Å². The second kappa shape index (κ2) is 5.10. The first kappa shape index (κ1) is 12.9. The number of hydrogen-bond donors (Lipinski definition) is 1. The van der Waals surface area contributed by atoms with Gasteiger partial charge in [-0.25, -0.2) is 0 Å². The summed E-state index contributed by atoms with van der Waals surface area (Å²) in [6.45, 7) is 12.5. The minimum Gasteiger partial charge on any atom is -0.314 e. The molecule has 0 aromatic rings. The molecule has 1 unspecified atom stereocenters. The smallest absolute Gasteiger partial charge is 0.0351 e. The van der Waals surface area contributed by atoms with Gasteiger partial charge in [0.05, 0.1) is 0 Å². The van der Waals surface area contributed by atoms with E-state index in [0.717, 1.165) is 12.1 Å². The molecule has 3 heteroatoms. The highest BCUT2D eigenvalue weighted by Gasteiger charge is 2.42. The fourth-order valence-corrected chi connectivity index (χ4v) is 4.17. The summed E-state index contributed by atoms with van der Waals surface area (Å²) >= 11 is 0. The van der Waals surface area contributed by atoms with Gasteiger partial charge in [-0.15, -0.1) is 0 Å². The van der Waals surface area contributed by atoms with Crippen LogP contribution in [0.3, 0.4) is 0 Å². The van der Waals surface area contributed by atoms with Gasteiger partial charge in [0.2, 0.25) is 0 Å². The van der Waals surface area contributed by atoms with Crippen LogP contribution in [0.1, 0.15) is 39.5 Å². The van der Waals surface area contributed by atoms with Crippen LogP contribution < -0.4 is 5.32 Å². The number of rotatable bonds is 2. The number of piperazine rings is 1. The van der Waals surface area contributed by atoms with E-state index in [1.165, 1.54) is 65.0 Å². The molecule has 3 fully saturated rings. The Morgan fingerprint density at radius 2 is 1.72 bits per heavy atom. The Bertz CT molecular complexity index is 277. The summed E-state index contributed by atoms with van der Waals surface area (Å²) < 4.78 is 0. The van der Waals surface area contributed by atoms with E-state index in [1.807, 2.05) is 0 Å². The predicted octanol–water partition coefficient (Wildman–Crippen LogP) is 1.54. The van der Waals surface area contributed by atoms with Gasteiger partial charge in [-0.2, -0.15) is 0 Å². The minimum atomic E-state index is 0.548. The summed E-state index contributed by atoms with van der Waals surface area (Å²) in [4.78, 5) is 5.47. The zero-order chi connectivity index (χ0) is 12.6. The molecule has 0 spiro atoms. The van der Waals surface area contributed by atoms with Gasteiger partial charge in [-0.3, -0.25) is 9.80 Å². The fourth-order valence-electron chi connectivity index (χ4n) is 4.17. The van der Waals surface area contributed by atoms with Gasteiger partial charge in [0, 0.05) is 51.4 Å². The van der Waals surface area contributed by atoms with E-state index >= 15 is 0 Å². The Morgan fingerprint density at radius 3 is 2.39 bits per heavy atom. The van der Waals surface area contributed by atoms with Crippen LogP contribution in [0, 0.1) is 5.41 Å². The number of nitrogens with one attached hydrogen (secondary N) is 1. The van der Waals surface area contributed by atoms with Gasteiger partial charge in [0.25, 0.3) is 0 Å². The van der Waals surface area contributed by atoms with Crippen LogP contribution in [0.25, 0.3) is 0 Å². The van der Waals surface area contributed by atoms with Crippen molar-refractivity contribution in [3.63, 3.8) is 0 Å². The maximum Gasteiger partial charge on any atom is 0.0351 e. The molecule has 2 aliphatic heterocycles. The molecule has 3 rings (SSSR count). The number of likely N-dealkylation sites (tertiary alicyclic amines) is 1. The lowest BCUT2D eigenvalue weighted by molar-refractivity contribution is -0.0503. The molecular weight excluding hydrogens is 222 g/mol. The average molecular weight is 251 g/mol. The molecule has 2 heterocycles. The van der Waals surface area contributed by atoms with Crippen molar-refractivity contribution in [3.8, 4) is 0 Å². The van der Waals surface area contributed by atoms with Gasteiger partial charge in [-0.1, -0.05) is 26.7 Å². The minimum absolute atomic E-state index is 0.548. The average Bonchev–Trinajstić information content (AvgIpc) is 2.30. The van der Waals surface area contributed by atoms with Gasteiger partial charge in [0.1, 0.15) is 0 Å². The maximum absolute atomic E-state index is 3.45. The van der Waals surface area contributed by atoms with Crippen LogP contribution in [0.2, 0.25) is 0 Å². The molecule has 18 heavy (non-hydrogen) atoms. The van der Waals surface area contributed by atoms with Crippen LogP contribution in [-0.2, 0) is 0 Å². The molecule has 3 aliphatic rings. The summed E-state index contributed by atoms with van der Waals surface area (Å²) in [7, 11) is 0. The zero-order valence-corrected chi connectivity index (χ0v) is 12.1. The van der Waals surface area contributed by atoms with E-state index in [0.29, 0.717) is 5.41 Å². The third kappa shape index (κ3) is 2.45. The number of hydrogen-bond acceptors (Lipinski definition) is 3. The van der Waals surface area contributed by atoms with Crippen molar-refractivity contribution in [3.05, 3.63) is 0 Å². The van der Waals surface area contributed by atoms with Crippen molar-refractivity contribution in [2.24, 2.45) is 5.41 Å². The highest BCUT2D eigenvalue weighted by molar-refractivity contribution is 4.98. The van der Waals surface area contributed by atoms with Crippen molar-refractivity contribution in [1.29, 1.82) is 0 Å². The monoisotopic (exact) mass is 251 g/mol. The lowest BCUT2D eigenvalue weighted by atomic mass is 9.71. The Hall–Kier alpha value is -0.120. The first-order valence-electron chi connectivity index (χ1n) is 7.86. The molecule has 3 nitrogen and oxygen atoms in total. The molecule has 0 amide bonds. The van der Waals surface area contributed by atoms with Crippen LogP contribution in [-0.4, -0.2) is 61.2 Å². The Morgan fingerprint density at radius 1 is 1.00 bits per heavy atom. The summed E-state index contributed by atoms with van der Waals surface area (Å²) in [6, 6.07) is 1.70. The highest BCUT2D eigenvalue weighted by atomic mass is 15.3. The van der Waals surface area contributed by atoms with E-state index in [9.17, 15) is 0 Å². The normalized spacial score (nSPS) is 35.3. The Kier molecular flexibility index (Phi) is 3.65. The van der Waals surface area contributed by atoms with Gasteiger partial charge in [-0.05, 0) is 18.3 Å². The molecule has 1 aliphatic carbocycles. The molecule has 1 N–H and O–H groups in total. The first-order chi connectivity index (χ1) is 8.67. The summed E-state index contributed by atoms with van der Waals surface area (Å²) in [6.07, 6.45) is 5.75. The summed E-state index contributed by atoms with van der Waals surface area (Å²) in [5.41, 5.74) is 0.548. The Balaban J connectivity index is 1.51. The topological polar surface area (TPSA) is 18.5 Å². The largest absolute Gasteiger partial charge is 0.314 e. The van der Waals surface area contributed by atoms with Crippen molar-refractivity contribution < 1.29 is 0 Å². The van der Waals surface area contributed by atoms with Crippen LogP contribution in [0.15, 0.2) is 0 Å². The lowest BCUT2D eigenvalue weighted by Crippen LogP contribution is -2.66. The third-order valence-electron chi connectivity index (χ3n) is 5.45. The molecule has 2 saturated heterocycles. The van der Waals surface area contributed by atoms with E-state index in [4.69, 9.17) is 0 Å². The second-order valence-corrected chi connectivity index (χ2v) is 7.14. The highest BCUT2D eigenvalue weighted by Crippen LogP contribution is 2.40. The van der Waals surface area contributed by atoms with E-state index in [2.05, 4.69) is 29.0 Å². The van der Waals surface area contributed by atoms with Crippen molar-refractivity contribution >= 4 is 0 Å². The molecule has 104 valence electrons. The molecule has 0 aromatic heterocycles. The van der Waals surface area contributed by atoms with Crippen molar-refractivity contribution in [2.75, 3.05) is 39.3 Å². The molecule has 1 atom stereocenters. The SMILES string of the molecule is CC1(C)CCCCC1N1CC(N2CCNCC2)C1. The second-order valence-electron chi connectivity index (χ2n) is 7.14. The van der Waals surface area contributed by atoms with Crippen LogP contribution in [0.4, 0.5) is 0 Å². The van der Waals surface area contributed by atoms with Crippen LogP contribution in [0.5, 0.6) is 0 Å². The number of nitrogens with zero attached hydrogens (tertiary/aromatic N) is 2. The quantitative estimate of drug-likeness (QED) is 0.803. The molecule has 0 radical (unpaired) electrons. The first-order valence-corrected chi connectivity index (χ1v) is 7.86. The van der Waals surface area contributed by atoms with Gasteiger partial charge in [0.15, 0.2) is 0 Å². The Labute approximate surface area is 112 Å². The maximum atomic E-state index is 3.45. The summed E-state index contributed by atoms with van der Waals surface area (Å²) in [5.74, 6) is 0.